The maximum Gasteiger partial charge on any atom is 0.292 e. The summed E-state index contributed by atoms with van der Waals surface area (Å²) in [5.74, 6) is 0.487. The van der Waals surface area contributed by atoms with Crippen LogP contribution in [0.3, 0.4) is 0 Å². The Hall–Kier alpha value is -1.43. The van der Waals surface area contributed by atoms with Crippen LogP contribution in [0.5, 0.6) is 0 Å². The minimum Gasteiger partial charge on any atom is -0.346 e. The smallest absolute Gasteiger partial charge is 0.292 e. The summed E-state index contributed by atoms with van der Waals surface area (Å²) in [7, 11) is 0. The molecule has 1 saturated carbocycles. The molecule has 0 aromatic carbocycles. The summed E-state index contributed by atoms with van der Waals surface area (Å²) in [6, 6.07) is 0.386. The molecule has 2 heterocycles. The first-order chi connectivity index (χ1) is 9.33. The lowest BCUT2D eigenvalue weighted by Crippen LogP contribution is -2.36. The fourth-order valence-electron chi connectivity index (χ4n) is 2.86. The molecule has 1 aliphatic heterocycles. The molecule has 19 heavy (non-hydrogen) atoms. The van der Waals surface area contributed by atoms with Gasteiger partial charge in [0.15, 0.2) is 0 Å². The number of rotatable bonds is 3. The molecule has 3 rings (SSSR count). The minimum absolute atomic E-state index is 0.115. The number of amides is 1. The van der Waals surface area contributed by atoms with Gasteiger partial charge in [0.1, 0.15) is 0 Å². The van der Waals surface area contributed by atoms with Crippen molar-refractivity contribution in [3.63, 3.8) is 0 Å². The van der Waals surface area contributed by atoms with Crippen molar-refractivity contribution >= 4 is 5.91 Å². The molecule has 0 spiro atoms. The van der Waals surface area contributed by atoms with Crippen molar-refractivity contribution in [3.05, 3.63) is 11.7 Å². The molecule has 104 valence electrons. The summed E-state index contributed by atoms with van der Waals surface area (Å²) in [4.78, 5) is 16.2. The Morgan fingerprint density at radius 3 is 2.79 bits per heavy atom. The Balaban J connectivity index is 1.59. The monoisotopic (exact) mass is 264 g/mol. The van der Waals surface area contributed by atoms with E-state index in [0.717, 1.165) is 32.2 Å². The SMILES string of the molecule is O=C(NC1CCCCC1)c1noc(C2CCCN2)n1. The highest BCUT2D eigenvalue weighted by Crippen LogP contribution is 2.21. The van der Waals surface area contributed by atoms with Crippen LogP contribution < -0.4 is 10.6 Å². The summed E-state index contributed by atoms with van der Waals surface area (Å²) >= 11 is 0. The second kappa shape index (κ2) is 5.69. The molecular weight excluding hydrogens is 244 g/mol. The topological polar surface area (TPSA) is 80.0 Å². The van der Waals surface area contributed by atoms with Gasteiger partial charge in [0, 0.05) is 6.04 Å². The molecule has 0 radical (unpaired) electrons. The van der Waals surface area contributed by atoms with E-state index in [9.17, 15) is 4.79 Å². The van der Waals surface area contributed by atoms with E-state index < -0.39 is 0 Å². The molecular formula is C13H20N4O2. The number of nitrogens with one attached hydrogen (secondary N) is 2. The lowest BCUT2D eigenvalue weighted by molar-refractivity contribution is 0.0914. The molecule has 6 nitrogen and oxygen atoms in total. The first kappa shape index (κ1) is 12.6. The Kier molecular flexibility index (Phi) is 3.77. The Morgan fingerprint density at radius 2 is 2.05 bits per heavy atom. The third-order valence-electron chi connectivity index (χ3n) is 3.94. The molecule has 1 aliphatic carbocycles. The molecule has 1 aromatic rings. The van der Waals surface area contributed by atoms with E-state index in [4.69, 9.17) is 4.52 Å². The number of carbonyl (C=O) groups is 1. The molecule has 6 heteroatoms. The van der Waals surface area contributed by atoms with E-state index in [1.807, 2.05) is 0 Å². The first-order valence-electron chi connectivity index (χ1n) is 7.21. The number of aromatic nitrogens is 2. The number of carbonyl (C=O) groups excluding carboxylic acids is 1. The molecule has 2 fully saturated rings. The summed E-state index contributed by atoms with van der Waals surface area (Å²) in [5, 5.41) is 10.1. The summed E-state index contributed by atoms with van der Waals surface area (Å²) in [6.07, 6.45) is 7.86. The van der Waals surface area contributed by atoms with Gasteiger partial charge in [0.25, 0.3) is 11.7 Å². The second-order valence-corrected chi connectivity index (χ2v) is 5.41. The Bertz CT molecular complexity index is 434. The third-order valence-corrected chi connectivity index (χ3v) is 3.94. The van der Waals surface area contributed by atoms with Crippen molar-refractivity contribution < 1.29 is 9.32 Å². The van der Waals surface area contributed by atoms with Crippen molar-refractivity contribution in [1.82, 2.24) is 20.8 Å². The van der Waals surface area contributed by atoms with Crippen molar-refractivity contribution in [2.45, 2.75) is 57.0 Å². The first-order valence-corrected chi connectivity index (χ1v) is 7.21. The standard InChI is InChI=1S/C13H20N4O2/c18-12(15-9-5-2-1-3-6-9)11-16-13(19-17-11)10-7-4-8-14-10/h9-10,14H,1-8H2,(H,15,18). The number of nitrogens with zero attached hydrogens (tertiary/aromatic N) is 2. The third kappa shape index (κ3) is 2.94. The zero-order chi connectivity index (χ0) is 13.1. The lowest BCUT2D eigenvalue weighted by atomic mass is 9.95. The van der Waals surface area contributed by atoms with Gasteiger partial charge in [-0.1, -0.05) is 24.4 Å². The fraction of sp³-hybridized carbons (Fsp3) is 0.769. The summed E-state index contributed by atoms with van der Waals surface area (Å²) in [6.45, 7) is 0.969. The lowest BCUT2D eigenvalue weighted by Gasteiger charge is -2.21. The van der Waals surface area contributed by atoms with Crippen molar-refractivity contribution in [1.29, 1.82) is 0 Å². The van der Waals surface area contributed by atoms with Crippen LogP contribution in [0.2, 0.25) is 0 Å². The number of hydrogen-bond acceptors (Lipinski definition) is 5. The largest absolute Gasteiger partial charge is 0.346 e. The zero-order valence-corrected chi connectivity index (χ0v) is 11.0. The molecule has 0 bridgehead atoms. The van der Waals surface area contributed by atoms with E-state index in [1.165, 1.54) is 19.3 Å². The van der Waals surface area contributed by atoms with Gasteiger partial charge in [-0.15, -0.1) is 0 Å². The van der Waals surface area contributed by atoms with E-state index in [1.54, 1.807) is 0 Å². The van der Waals surface area contributed by atoms with Crippen molar-refractivity contribution in [3.8, 4) is 0 Å². The van der Waals surface area contributed by atoms with Crippen LogP contribution in [0, 0.1) is 0 Å². The molecule has 1 amide bonds. The van der Waals surface area contributed by atoms with Crippen LogP contribution >= 0.6 is 0 Å². The van der Waals surface area contributed by atoms with Crippen LogP contribution in [0.15, 0.2) is 4.52 Å². The van der Waals surface area contributed by atoms with Gasteiger partial charge < -0.3 is 15.2 Å². The van der Waals surface area contributed by atoms with Gasteiger partial charge in [0.05, 0.1) is 6.04 Å². The van der Waals surface area contributed by atoms with Crippen LogP contribution in [-0.2, 0) is 0 Å². The highest BCUT2D eigenvalue weighted by Gasteiger charge is 2.25. The predicted molar refractivity (Wildman–Crippen MR) is 68.6 cm³/mol. The molecule has 1 saturated heterocycles. The van der Waals surface area contributed by atoms with Gasteiger partial charge in [-0.3, -0.25) is 4.79 Å². The molecule has 2 N–H and O–H groups in total. The zero-order valence-electron chi connectivity index (χ0n) is 11.0. The molecule has 1 aromatic heterocycles. The van der Waals surface area contributed by atoms with Crippen LogP contribution in [-0.4, -0.2) is 28.6 Å². The van der Waals surface area contributed by atoms with Gasteiger partial charge in [-0.25, -0.2) is 0 Å². The quantitative estimate of drug-likeness (QED) is 0.866. The van der Waals surface area contributed by atoms with Crippen LogP contribution in [0.1, 0.15) is 67.5 Å². The molecule has 2 aliphatic rings. The Labute approximate surface area is 112 Å². The van der Waals surface area contributed by atoms with Gasteiger partial charge in [-0.2, -0.15) is 4.98 Å². The van der Waals surface area contributed by atoms with Crippen molar-refractivity contribution in [2.24, 2.45) is 0 Å². The normalized spacial score (nSPS) is 24.5. The molecule has 1 atom stereocenters. The maximum atomic E-state index is 12.0. The van der Waals surface area contributed by atoms with E-state index in [-0.39, 0.29) is 23.8 Å². The molecule has 1 unspecified atom stereocenters. The summed E-state index contributed by atoms with van der Waals surface area (Å²) in [5.41, 5.74) is 0. The minimum atomic E-state index is -0.208. The predicted octanol–water partition coefficient (Wildman–Crippen LogP) is 1.56. The summed E-state index contributed by atoms with van der Waals surface area (Å²) < 4.78 is 5.17. The highest BCUT2D eigenvalue weighted by atomic mass is 16.5. The Morgan fingerprint density at radius 1 is 1.21 bits per heavy atom. The van der Waals surface area contributed by atoms with Crippen LogP contribution in [0.25, 0.3) is 0 Å². The van der Waals surface area contributed by atoms with Gasteiger partial charge in [0.2, 0.25) is 5.89 Å². The fourth-order valence-corrected chi connectivity index (χ4v) is 2.86. The van der Waals surface area contributed by atoms with E-state index in [0.29, 0.717) is 5.89 Å². The average Bonchev–Trinajstić information content (AvgIpc) is 3.11. The van der Waals surface area contributed by atoms with E-state index in [2.05, 4.69) is 20.8 Å². The van der Waals surface area contributed by atoms with Crippen LogP contribution in [0.4, 0.5) is 0 Å². The van der Waals surface area contributed by atoms with Gasteiger partial charge >= 0.3 is 0 Å². The second-order valence-electron chi connectivity index (χ2n) is 5.41. The number of hydrogen-bond donors (Lipinski definition) is 2. The highest BCUT2D eigenvalue weighted by molar-refractivity contribution is 5.90. The average molecular weight is 264 g/mol. The van der Waals surface area contributed by atoms with Gasteiger partial charge in [-0.05, 0) is 32.2 Å². The maximum absolute atomic E-state index is 12.0. The van der Waals surface area contributed by atoms with E-state index >= 15 is 0 Å². The van der Waals surface area contributed by atoms with Crippen molar-refractivity contribution in [2.75, 3.05) is 6.54 Å².